The van der Waals surface area contributed by atoms with Crippen molar-refractivity contribution in [2.75, 3.05) is 6.61 Å². The van der Waals surface area contributed by atoms with Crippen LogP contribution in [0.1, 0.15) is 17.2 Å². The highest BCUT2D eigenvalue weighted by molar-refractivity contribution is 5.36. The van der Waals surface area contributed by atoms with Gasteiger partial charge < -0.3 is 4.74 Å². The fraction of sp³-hybridized carbons (Fsp3) is 0.333. The monoisotopic (exact) mass is 213 g/mol. The number of ether oxygens (including phenoxy) is 1. The number of rotatable bonds is 3. The summed E-state index contributed by atoms with van der Waals surface area (Å²) in [6, 6.07) is 7.63. The number of hydrogen-bond acceptors (Lipinski definition) is 2. The van der Waals surface area contributed by atoms with Crippen molar-refractivity contribution >= 4 is 0 Å². The molecule has 2 rings (SSSR count). The van der Waals surface area contributed by atoms with Gasteiger partial charge in [0, 0.05) is 4.91 Å². The number of hydrogen-bond donors (Lipinski definition) is 0. The second-order valence-electron chi connectivity index (χ2n) is 3.61. The molecule has 0 heterocycles. The molecule has 2 atom stereocenters. The van der Waals surface area contributed by atoms with Gasteiger partial charge in [0.05, 0.1) is 12.1 Å². The van der Waals surface area contributed by atoms with Gasteiger partial charge in [0.2, 0.25) is 0 Å². The maximum atomic E-state index is 8.56. The molecule has 1 aromatic rings. The summed E-state index contributed by atoms with van der Waals surface area (Å²) in [5.74, 6) is 2.43. The van der Waals surface area contributed by atoms with E-state index in [9.17, 15) is 0 Å². The maximum Gasteiger partial charge on any atom is 0.107 e. The number of terminal acetylenes is 1. The number of azide groups is 1. The zero-order valence-electron chi connectivity index (χ0n) is 8.71. The van der Waals surface area contributed by atoms with Crippen LogP contribution in [0.3, 0.4) is 0 Å². The van der Waals surface area contributed by atoms with Gasteiger partial charge in [0.25, 0.3) is 0 Å². The Morgan fingerprint density at radius 3 is 3.12 bits per heavy atom. The first-order chi connectivity index (χ1) is 7.86. The summed E-state index contributed by atoms with van der Waals surface area (Å²) in [5, 5.41) is 3.79. The number of benzene rings is 1. The van der Waals surface area contributed by atoms with Gasteiger partial charge in [-0.05, 0) is 23.1 Å². The third-order valence-electron chi connectivity index (χ3n) is 2.70. The van der Waals surface area contributed by atoms with Gasteiger partial charge in [-0.3, -0.25) is 0 Å². The predicted octanol–water partition coefficient (Wildman–Crippen LogP) is 2.61. The summed E-state index contributed by atoms with van der Waals surface area (Å²) in [6.07, 6.45) is 5.77. The molecule has 4 nitrogen and oxygen atoms in total. The first kappa shape index (κ1) is 10.6. The largest absolute Gasteiger partial charge is 0.364 e. The van der Waals surface area contributed by atoms with Crippen molar-refractivity contribution in [2.24, 2.45) is 5.11 Å². The summed E-state index contributed by atoms with van der Waals surface area (Å²) in [6.45, 7) is 0.246. The molecule has 4 heteroatoms. The molecule has 0 aromatic heterocycles. The quantitative estimate of drug-likeness (QED) is 0.329. The molecule has 0 radical (unpaired) electrons. The number of fused-ring (bicyclic) bond motifs is 1. The minimum absolute atomic E-state index is 0.135. The van der Waals surface area contributed by atoms with E-state index < -0.39 is 0 Å². The van der Waals surface area contributed by atoms with Crippen LogP contribution in [0.2, 0.25) is 0 Å². The van der Waals surface area contributed by atoms with Crippen molar-refractivity contribution in [3.05, 3.63) is 45.8 Å². The maximum absolute atomic E-state index is 8.56. The van der Waals surface area contributed by atoms with Crippen molar-refractivity contribution in [1.29, 1.82) is 0 Å². The highest BCUT2D eigenvalue weighted by Gasteiger charge is 2.31. The van der Waals surface area contributed by atoms with E-state index in [0.717, 1.165) is 12.0 Å². The van der Waals surface area contributed by atoms with Gasteiger partial charge in [0.1, 0.15) is 6.61 Å². The molecule has 0 fully saturated rings. The second-order valence-corrected chi connectivity index (χ2v) is 3.61. The normalized spacial score (nSPS) is 21.9. The molecule has 80 valence electrons. The molecular formula is C12H11N3O. The van der Waals surface area contributed by atoms with Crippen LogP contribution >= 0.6 is 0 Å². The molecule has 1 aliphatic carbocycles. The van der Waals surface area contributed by atoms with E-state index in [4.69, 9.17) is 16.7 Å². The Kier molecular flexibility index (Phi) is 3.11. The first-order valence-electron chi connectivity index (χ1n) is 5.04. The van der Waals surface area contributed by atoms with Gasteiger partial charge >= 0.3 is 0 Å². The van der Waals surface area contributed by atoms with Crippen LogP contribution in [-0.2, 0) is 11.2 Å². The van der Waals surface area contributed by atoms with Crippen molar-refractivity contribution in [1.82, 2.24) is 0 Å². The summed E-state index contributed by atoms with van der Waals surface area (Å²) in [7, 11) is 0. The standard InChI is InChI=1S/C12H11N3O/c1-2-7-16-11-8-9-5-3-4-6-10(9)12(11)14-15-13/h1,3-6,11-12H,7-8H2. The van der Waals surface area contributed by atoms with Crippen LogP contribution in [0.25, 0.3) is 10.4 Å². The average molecular weight is 213 g/mol. The van der Waals surface area contributed by atoms with E-state index in [0.29, 0.717) is 0 Å². The lowest BCUT2D eigenvalue weighted by Gasteiger charge is -2.14. The van der Waals surface area contributed by atoms with Crippen molar-refractivity contribution < 1.29 is 4.74 Å². The van der Waals surface area contributed by atoms with E-state index in [1.54, 1.807) is 0 Å². The highest BCUT2D eigenvalue weighted by atomic mass is 16.5. The lowest BCUT2D eigenvalue weighted by atomic mass is 10.1. The summed E-state index contributed by atoms with van der Waals surface area (Å²) >= 11 is 0. The molecule has 0 N–H and O–H groups in total. The van der Waals surface area contributed by atoms with Crippen LogP contribution in [0.15, 0.2) is 29.4 Å². The highest BCUT2D eigenvalue weighted by Crippen LogP contribution is 2.36. The van der Waals surface area contributed by atoms with E-state index in [-0.39, 0.29) is 18.8 Å². The Morgan fingerprint density at radius 2 is 2.38 bits per heavy atom. The van der Waals surface area contributed by atoms with Gasteiger partial charge in [-0.15, -0.1) is 6.42 Å². The van der Waals surface area contributed by atoms with E-state index >= 15 is 0 Å². The molecule has 0 amide bonds. The Hall–Kier alpha value is -1.95. The van der Waals surface area contributed by atoms with E-state index in [1.807, 2.05) is 24.3 Å². The molecule has 0 bridgehead atoms. The summed E-state index contributed by atoms with van der Waals surface area (Å²) in [5.41, 5.74) is 10.8. The van der Waals surface area contributed by atoms with Gasteiger partial charge in [-0.25, -0.2) is 0 Å². The fourth-order valence-corrected chi connectivity index (χ4v) is 2.03. The topological polar surface area (TPSA) is 58.0 Å². The Labute approximate surface area is 93.9 Å². The summed E-state index contributed by atoms with van der Waals surface area (Å²) < 4.78 is 5.50. The fourth-order valence-electron chi connectivity index (χ4n) is 2.03. The molecular weight excluding hydrogens is 202 g/mol. The van der Waals surface area contributed by atoms with Crippen LogP contribution in [-0.4, -0.2) is 12.7 Å². The van der Waals surface area contributed by atoms with Crippen LogP contribution in [0.5, 0.6) is 0 Å². The minimum Gasteiger partial charge on any atom is -0.364 e. The first-order valence-corrected chi connectivity index (χ1v) is 5.04. The smallest absolute Gasteiger partial charge is 0.107 e. The molecule has 2 unspecified atom stereocenters. The minimum atomic E-state index is -0.255. The molecule has 16 heavy (non-hydrogen) atoms. The number of nitrogens with zero attached hydrogens (tertiary/aromatic N) is 3. The summed E-state index contributed by atoms with van der Waals surface area (Å²) in [4.78, 5) is 2.87. The molecule has 0 spiro atoms. The van der Waals surface area contributed by atoms with Crippen molar-refractivity contribution in [2.45, 2.75) is 18.6 Å². The van der Waals surface area contributed by atoms with Gasteiger partial charge in [-0.1, -0.05) is 35.3 Å². The molecule has 1 aliphatic rings. The zero-order chi connectivity index (χ0) is 11.4. The van der Waals surface area contributed by atoms with E-state index in [2.05, 4.69) is 15.9 Å². The Bertz CT molecular complexity index is 471. The lowest BCUT2D eigenvalue weighted by Crippen LogP contribution is -2.17. The second kappa shape index (κ2) is 4.71. The van der Waals surface area contributed by atoms with Crippen LogP contribution < -0.4 is 0 Å². The molecule has 1 aromatic carbocycles. The van der Waals surface area contributed by atoms with Gasteiger partial charge in [0.15, 0.2) is 0 Å². The third kappa shape index (κ3) is 1.87. The molecule has 0 saturated heterocycles. The zero-order valence-corrected chi connectivity index (χ0v) is 8.71. The van der Waals surface area contributed by atoms with Crippen molar-refractivity contribution in [3.63, 3.8) is 0 Å². The van der Waals surface area contributed by atoms with Gasteiger partial charge in [-0.2, -0.15) is 0 Å². The van der Waals surface area contributed by atoms with Crippen LogP contribution in [0, 0.1) is 12.3 Å². The third-order valence-corrected chi connectivity index (χ3v) is 2.70. The predicted molar refractivity (Wildman–Crippen MR) is 60.6 cm³/mol. The average Bonchev–Trinajstić information content (AvgIpc) is 2.66. The van der Waals surface area contributed by atoms with Crippen molar-refractivity contribution in [3.8, 4) is 12.3 Å². The Balaban J connectivity index is 2.27. The molecule has 0 saturated carbocycles. The lowest BCUT2D eigenvalue weighted by molar-refractivity contribution is 0.0673. The Morgan fingerprint density at radius 1 is 1.56 bits per heavy atom. The van der Waals surface area contributed by atoms with Crippen LogP contribution in [0.4, 0.5) is 0 Å². The molecule has 0 aliphatic heterocycles. The SMILES string of the molecule is C#CCOC1Cc2ccccc2C1N=[N+]=[N-]. The van der Waals surface area contributed by atoms with E-state index in [1.165, 1.54) is 5.56 Å².